The number of carbonyl (C=O) groups excluding carboxylic acids is 1. The number of nitrogens with zero attached hydrogens (tertiary/aromatic N) is 4. The van der Waals surface area contributed by atoms with Crippen molar-refractivity contribution in [3.63, 3.8) is 0 Å². The van der Waals surface area contributed by atoms with Crippen LogP contribution in [0, 0.1) is 12.7 Å². The van der Waals surface area contributed by atoms with Crippen molar-refractivity contribution in [3.8, 4) is 11.4 Å². The van der Waals surface area contributed by atoms with Crippen LogP contribution in [0.15, 0.2) is 53.2 Å². The maximum absolute atomic E-state index is 13.6. The van der Waals surface area contributed by atoms with Gasteiger partial charge in [0.05, 0.1) is 12.5 Å². The van der Waals surface area contributed by atoms with E-state index in [0.717, 1.165) is 35.1 Å². The largest absolute Gasteiger partial charge is 0.361 e. The summed E-state index contributed by atoms with van der Waals surface area (Å²) in [5, 5.41) is 5.18. The predicted octanol–water partition coefficient (Wildman–Crippen LogP) is 4.11. The van der Waals surface area contributed by atoms with Gasteiger partial charge in [0, 0.05) is 48.8 Å². The first-order chi connectivity index (χ1) is 16.0. The molecule has 1 amide bonds. The monoisotopic (exact) mass is 447 g/mol. The lowest BCUT2D eigenvalue weighted by Gasteiger charge is -2.36. The van der Waals surface area contributed by atoms with Crippen molar-refractivity contribution in [2.24, 2.45) is 0 Å². The third-order valence-electron chi connectivity index (χ3n) is 6.45. The quantitative estimate of drug-likeness (QED) is 0.498. The molecule has 1 unspecified atom stereocenters. The first-order valence-electron chi connectivity index (χ1n) is 11.2. The number of amides is 1. The average molecular weight is 448 g/mol. The number of nitrogens with one attached hydrogen (secondary N) is 1. The number of hydrogen-bond acceptors (Lipinski definition) is 5. The van der Waals surface area contributed by atoms with E-state index in [4.69, 9.17) is 4.52 Å². The zero-order valence-corrected chi connectivity index (χ0v) is 18.7. The molecule has 8 heteroatoms. The standard InChI is InChI=1S/C25H26FN5O2/c1-16-13-18(7-8-21(16)26)24-28-25(33-29-24)17(2)30-9-11-31(12-10-30)23(32)14-19-15-27-22-6-4-3-5-20(19)22/h3-8,13,15,17,27H,9-12,14H2,1-2H3. The van der Waals surface area contributed by atoms with Gasteiger partial charge in [0.25, 0.3) is 0 Å². The molecule has 1 N–H and O–H groups in total. The molecule has 4 aromatic rings. The number of rotatable bonds is 5. The Morgan fingerprint density at radius 2 is 1.97 bits per heavy atom. The van der Waals surface area contributed by atoms with E-state index in [1.165, 1.54) is 6.07 Å². The van der Waals surface area contributed by atoms with Gasteiger partial charge in [-0.15, -0.1) is 0 Å². The molecule has 0 radical (unpaired) electrons. The van der Waals surface area contributed by atoms with Crippen LogP contribution in [0.5, 0.6) is 0 Å². The highest BCUT2D eigenvalue weighted by Gasteiger charge is 2.28. The molecule has 2 aromatic carbocycles. The molecule has 0 spiro atoms. The number of benzene rings is 2. The fourth-order valence-corrected chi connectivity index (χ4v) is 4.37. The number of aryl methyl sites for hydroxylation is 1. The lowest BCUT2D eigenvalue weighted by molar-refractivity contribution is -0.132. The van der Waals surface area contributed by atoms with E-state index >= 15 is 0 Å². The number of H-pyrrole nitrogens is 1. The molecule has 5 rings (SSSR count). The van der Waals surface area contributed by atoms with E-state index in [9.17, 15) is 9.18 Å². The predicted molar refractivity (Wildman–Crippen MR) is 123 cm³/mol. The number of halogens is 1. The van der Waals surface area contributed by atoms with E-state index in [2.05, 4.69) is 20.0 Å². The van der Waals surface area contributed by atoms with Crippen LogP contribution in [0.4, 0.5) is 4.39 Å². The van der Waals surface area contributed by atoms with Crippen LogP contribution in [-0.4, -0.2) is 57.0 Å². The van der Waals surface area contributed by atoms with Crippen molar-refractivity contribution < 1.29 is 13.7 Å². The third-order valence-corrected chi connectivity index (χ3v) is 6.45. The van der Waals surface area contributed by atoms with Crippen molar-refractivity contribution in [2.45, 2.75) is 26.3 Å². The van der Waals surface area contributed by atoms with Gasteiger partial charge in [-0.3, -0.25) is 9.69 Å². The number of aromatic amines is 1. The second kappa shape index (κ2) is 8.78. The highest BCUT2D eigenvalue weighted by atomic mass is 19.1. The second-order valence-electron chi connectivity index (χ2n) is 8.55. The van der Waals surface area contributed by atoms with E-state index in [1.54, 1.807) is 19.1 Å². The average Bonchev–Trinajstić information content (AvgIpc) is 3.49. The molecule has 1 fully saturated rings. The lowest BCUT2D eigenvalue weighted by Crippen LogP contribution is -2.49. The minimum atomic E-state index is -0.257. The van der Waals surface area contributed by atoms with Crippen LogP contribution in [-0.2, 0) is 11.2 Å². The van der Waals surface area contributed by atoms with Gasteiger partial charge in [-0.05, 0) is 49.2 Å². The first-order valence-corrected chi connectivity index (χ1v) is 11.2. The third kappa shape index (κ3) is 4.26. The minimum Gasteiger partial charge on any atom is -0.361 e. The maximum Gasteiger partial charge on any atom is 0.244 e. The molecule has 1 atom stereocenters. The molecule has 7 nitrogen and oxygen atoms in total. The van der Waals surface area contributed by atoms with Gasteiger partial charge >= 0.3 is 0 Å². The Labute approximate surface area is 191 Å². The Morgan fingerprint density at radius 1 is 1.18 bits per heavy atom. The number of fused-ring (bicyclic) bond motifs is 1. The second-order valence-corrected chi connectivity index (χ2v) is 8.55. The maximum atomic E-state index is 13.6. The van der Waals surface area contributed by atoms with Crippen molar-refractivity contribution in [2.75, 3.05) is 26.2 Å². The highest BCUT2D eigenvalue weighted by Crippen LogP contribution is 2.25. The molecular formula is C25H26FN5O2. The molecule has 2 aromatic heterocycles. The summed E-state index contributed by atoms with van der Waals surface area (Å²) in [5.74, 6) is 0.852. The number of piperazine rings is 1. The zero-order chi connectivity index (χ0) is 22.9. The first kappa shape index (κ1) is 21.3. The molecule has 0 bridgehead atoms. The van der Waals surface area contributed by atoms with E-state index in [0.29, 0.717) is 36.8 Å². The molecule has 33 heavy (non-hydrogen) atoms. The Kier molecular flexibility index (Phi) is 5.68. The zero-order valence-electron chi connectivity index (χ0n) is 18.7. The fraction of sp³-hybridized carbons (Fsp3) is 0.320. The van der Waals surface area contributed by atoms with Gasteiger partial charge in [0.2, 0.25) is 17.6 Å². The summed E-state index contributed by atoms with van der Waals surface area (Å²) < 4.78 is 19.1. The Hall–Kier alpha value is -3.52. The smallest absolute Gasteiger partial charge is 0.244 e. The molecular weight excluding hydrogens is 421 g/mol. The summed E-state index contributed by atoms with van der Waals surface area (Å²) >= 11 is 0. The van der Waals surface area contributed by atoms with Crippen LogP contribution in [0.1, 0.15) is 30.0 Å². The van der Waals surface area contributed by atoms with Crippen molar-refractivity contribution in [1.82, 2.24) is 24.9 Å². The van der Waals surface area contributed by atoms with E-state index in [1.807, 2.05) is 42.3 Å². The molecule has 0 saturated carbocycles. The summed E-state index contributed by atoms with van der Waals surface area (Å²) in [5.41, 5.74) is 3.35. The van der Waals surface area contributed by atoms with Gasteiger partial charge < -0.3 is 14.4 Å². The van der Waals surface area contributed by atoms with Gasteiger partial charge in [-0.1, -0.05) is 23.4 Å². The summed E-state index contributed by atoms with van der Waals surface area (Å²) in [6.07, 6.45) is 2.32. The Bertz CT molecular complexity index is 1290. The van der Waals surface area contributed by atoms with Gasteiger partial charge in [-0.2, -0.15) is 4.98 Å². The molecule has 170 valence electrons. The van der Waals surface area contributed by atoms with Gasteiger partial charge in [-0.25, -0.2) is 4.39 Å². The normalized spacial score (nSPS) is 15.8. The summed E-state index contributed by atoms with van der Waals surface area (Å²) in [7, 11) is 0. The summed E-state index contributed by atoms with van der Waals surface area (Å²) in [6, 6.07) is 12.7. The number of carbonyl (C=O) groups is 1. The molecule has 3 heterocycles. The molecule has 1 saturated heterocycles. The number of para-hydroxylation sites is 1. The van der Waals surface area contributed by atoms with Crippen LogP contribution in [0.25, 0.3) is 22.3 Å². The van der Waals surface area contributed by atoms with Crippen molar-refractivity contribution >= 4 is 16.8 Å². The molecule has 1 aliphatic heterocycles. The highest BCUT2D eigenvalue weighted by molar-refractivity contribution is 5.88. The SMILES string of the molecule is Cc1cc(-c2noc(C(C)N3CCN(C(=O)Cc4c[nH]c5ccccc45)CC3)n2)ccc1F. The van der Waals surface area contributed by atoms with Crippen LogP contribution < -0.4 is 0 Å². The minimum absolute atomic E-state index is 0.0707. The van der Waals surface area contributed by atoms with Crippen molar-refractivity contribution in [3.05, 3.63) is 71.5 Å². The Morgan fingerprint density at radius 3 is 2.76 bits per heavy atom. The lowest BCUT2D eigenvalue weighted by atomic mass is 10.1. The van der Waals surface area contributed by atoms with E-state index in [-0.39, 0.29) is 17.8 Å². The van der Waals surface area contributed by atoms with Gasteiger partial charge in [0.1, 0.15) is 5.82 Å². The van der Waals surface area contributed by atoms with Crippen LogP contribution >= 0.6 is 0 Å². The van der Waals surface area contributed by atoms with Crippen molar-refractivity contribution in [1.29, 1.82) is 0 Å². The Balaban J connectivity index is 1.20. The number of hydrogen-bond donors (Lipinski definition) is 1. The van der Waals surface area contributed by atoms with Crippen LogP contribution in [0.3, 0.4) is 0 Å². The van der Waals surface area contributed by atoms with Gasteiger partial charge in [0.15, 0.2) is 0 Å². The fourth-order valence-electron chi connectivity index (χ4n) is 4.37. The number of aromatic nitrogens is 3. The summed E-state index contributed by atoms with van der Waals surface area (Å²) in [4.78, 5) is 24.8. The van der Waals surface area contributed by atoms with Crippen LogP contribution in [0.2, 0.25) is 0 Å². The molecule has 0 aliphatic carbocycles. The van der Waals surface area contributed by atoms with E-state index < -0.39 is 0 Å². The topological polar surface area (TPSA) is 78.3 Å². The molecule has 1 aliphatic rings. The summed E-state index contributed by atoms with van der Waals surface area (Å²) in [6.45, 7) is 6.51.